The molecule has 6 nitrogen and oxygen atoms in total. The van der Waals surface area contributed by atoms with Crippen molar-refractivity contribution in [3.8, 4) is 0 Å². The normalized spacial score (nSPS) is 14.1. The molecule has 0 saturated heterocycles. The molecule has 25 heavy (non-hydrogen) atoms. The summed E-state index contributed by atoms with van der Waals surface area (Å²) in [6.07, 6.45) is 0. The highest BCUT2D eigenvalue weighted by molar-refractivity contribution is 7.92. The second-order valence-electron chi connectivity index (χ2n) is 6.49. The van der Waals surface area contributed by atoms with Gasteiger partial charge in [0.1, 0.15) is 0 Å². The van der Waals surface area contributed by atoms with Crippen LogP contribution in [0.3, 0.4) is 0 Å². The van der Waals surface area contributed by atoms with Crippen molar-refractivity contribution in [2.45, 2.75) is 32.2 Å². The summed E-state index contributed by atoms with van der Waals surface area (Å²) < 4.78 is 28.3. The first-order valence-corrected chi connectivity index (χ1v) is 9.41. The van der Waals surface area contributed by atoms with Crippen LogP contribution in [0.5, 0.6) is 0 Å². The van der Waals surface area contributed by atoms with E-state index in [0.717, 1.165) is 22.3 Å². The minimum atomic E-state index is -3.69. The summed E-state index contributed by atoms with van der Waals surface area (Å²) >= 11 is 0. The zero-order valence-electron chi connectivity index (χ0n) is 14.7. The molecule has 0 bridgehead atoms. The highest BCUT2D eigenvalue weighted by Crippen LogP contribution is 2.28. The van der Waals surface area contributed by atoms with E-state index >= 15 is 0 Å². The molecule has 1 aliphatic heterocycles. The van der Waals surface area contributed by atoms with Gasteiger partial charge in [-0.25, -0.2) is 13.2 Å². The zero-order chi connectivity index (χ0) is 18.4. The van der Waals surface area contributed by atoms with Crippen molar-refractivity contribution in [2.75, 3.05) is 17.1 Å². The first-order chi connectivity index (χ1) is 11.7. The minimum Gasteiger partial charge on any atom is -0.323 e. The van der Waals surface area contributed by atoms with Crippen LogP contribution in [0.4, 0.5) is 16.2 Å². The molecule has 0 aliphatic carbocycles. The maximum atomic E-state index is 12.8. The zero-order valence-corrected chi connectivity index (χ0v) is 15.5. The molecule has 0 spiro atoms. The molecule has 0 saturated carbocycles. The quantitative estimate of drug-likeness (QED) is 0.882. The van der Waals surface area contributed by atoms with E-state index in [4.69, 9.17) is 0 Å². The molecule has 0 fully saturated rings. The third kappa shape index (κ3) is 3.32. The van der Waals surface area contributed by atoms with Crippen molar-refractivity contribution in [1.82, 2.24) is 4.90 Å². The summed E-state index contributed by atoms with van der Waals surface area (Å²) in [5, 5.41) is 2.77. The summed E-state index contributed by atoms with van der Waals surface area (Å²) in [6, 6.07) is 8.67. The van der Waals surface area contributed by atoms with Gasteiger partial charge in [-0.1, -0.05) is 17.7 Å². The van der Waals surface area contributed by atoms with Gasteiger partial charge in [-0.3, -0.25) is 4.72 Å². The van der Waals surface area contributed by atoms with E-state index < -0.39 is 10.0 Å². The number of hydrogen-bond donors (Lipinski definition) is 2. The van der Waals surface area contributed by atoms with Crippen LogP contribution >= 0.6 is 0 Å². The Balaban J connectivity index is 1.95. The molecule has 1 aliphatic rings. The van der Waals surface area contributed by atoms with Crippen molar-refractivity contribution in [2.24, 2.45) is 0 Å². The first-order valence-electron chi connectivity index (χ1n) is 7.93. The van der Waals surface area contributed by atoms with Gasteiger partial charge in [-0.15, -0.1) is 0 Å². The number of carbonyl (C=O) groups excluding carboxylic acids is 1. The highest BCUT2D eigenvalue weighted by atomic mass is 32.2. The molecule has 2 amide bonds. The van der Waals surface area contributed by atoms with Crippen LogP contribution in [0, 0.1) is 20.8 Å². The standard InChI is InChI=1S/C18H21N3O3S/c1-11-7-12(2)17(13(3)8-11)25(23,24)20-15-5-6-16-14(9-15)10-21(4)18(22)19-16/h5-9,20H,10H2,1-4H3,(H,19,22). The van der Waals surface area contributed by atoms with Gasteiger partial charge < -0.3 is 10.2 Å². The highest BCUT2D eigenvalue weighted by Gasteiger charge is 2.22. The lowest BCUT2D eigenvalue weighted by molar-refractivity contribution is 0.218. The Morgan fingerprint density at radius 2 is 1.72 bits per heavy atom. The third-order valence-corrected chi connectivity index (χ3v) is 5.91. The number of benzene rings is 2. The Labute approximate surface area is 147 Å². The first kappa shape index (κ1) is 17.3. The molecule has 0 radical (unpaired) electrons. The van der Waals surface area contributed by atoms with E-state index in [0.29, 0.717) is 22.8 Å². The number of rotatable bonds is 3. The maximum absolute atomic E-state index is 12.8. The van der Waals surface area contributed by atoms with Crippen LogP contribution < -0.4 is 10.0 Å². The fourth-order valence-corrected chi connectivity index (χ4v) is 4.75. The van der Waals surface area contributed by atoms with Crippen LogP contribution in [-0.2, 0) is 16.6 Å². The summed E-state index contributed by atoms with van der Waals surface area (Å²) in [5.74, 6) is 0. The van der Waals surface area contributed by atoms with Gasteiger partial charge in [0.15, 0.2) is 0 Å². The molecule has 3 rings (SSSR count). The lowest BCUT2D eigenvalue weighted by atomic mass is 10.1. The maximum Gasteiger partial charge on any atom is 0.321 e. The molecule has 2 N–H and O–H groups in total. The van der Waals surface area contributed by atoms with Gasteiger partial charge in [0.2, 0.25) is 0 Å². The van der Waals surface area contributed by atoms with Gasteiger partial charge in [0.05, 0.1) is 4.90 Å². The average molecular weight is 359 g/mol. The van der Waals surface area contributed by atoms with Crippen molar-refractivity contribution >= 4 is 27.4 Å². The number of sulfonamides is 1. The lowest BCUT2D eigenvalue weighted by Gasteiger charge is -2.26. The Kier molecular flexibility index (Phi) is 4.20. The number of nitrogens with one attached hydrogen (secondary N) is 2. The predicted octanol–water partition coefficient (Wildman–Crippen LogP) is 3.39. The van der Waals surface area contributed by atoms with Crippen LogP contribution in [-0.4, -0.2) is 26.4 Å². The number of urea groups is 1. The molecule has 2 aromatic rings. The number of aryl methyl sites for hydroxylation is 3. The molecular weight excluding hydrogens is 338 g/mol. The molecule has 0 atom stereocenters. The Morgan fingerprint density at radius 1 is 1.08 bits per heavy atom. The predicted molar refractivity (Wildman–Crippen MR) is 98.4 cm³/mol. The van der Waals surface area contributed by atoms with E-state index in [-0.39, 0.29) is 6.03 Å². The van der Waals surface area contributed by atoms with Crippen LogP contribution in [0.2, 0.25) is 0 Å². The molecule has 1 heterocycles. The van der Waals surface area contributed by atoms with Crippen molar-refractivity contribution in [3.05, 3.63) is 52.6 Å². The van der Waals surface area contributed by atoms with Gasteiger partial charge in [0.25, 0.3) is 10.0 Å². The fraction of sp³-hybridized carbons (Fsp3) is 0.278. The second-order valence-corrected chi connectivity index (χ2v) is 8.11. The molecule has 0 unspecified atom stereocenters. The summed E-state index contributed by atoms with van der Waals surface area (Å²) in [5.41, 5.74) is 4.50. The smallest absolute Gasteiger partial charge is 0.321 e. The van der Waals surface area contributed by atoms with Crippen LogP contribution in [0.25, 0.3) is 0 Å². The number of hydrogen-bond acceptors (Lipinski definition) is 3. The van der Waals surface area contributed by atoms with E-state index in [1.165, 1.54) is 4.90 Å². The summed E-state index contributed by atoms with van der Waals surface area (Å²) in [6.45, 7) is 5.97. The topological polar surface area (TPSA) is 78.5 Å². The Morgan fingerprint density at radius 3 is 2.36 bits per heavy atom. The van der Waals surface area contributed by atoms with Gasteiger partial charge in [-0.2, -0.15) is 0 Å². The van der Waals surface area contributed by atoms with Crippen molar-refractivity contribution in [1.29, 1.82) is 0 Å². The number of amides is 2. The van der Waals surface area contributed by atoms with E-state index in [1.807, 2.05) is 19.1 Å². The molecule has 2 aromatic carbocycles. The molecule has 7 heteroatoms. The van der Waals surface area contributed by atoms with Gasteiger partial charge in [0, 0.05) is 25.0 Å². The Bertz CT molecular complexity index is 945. The lowest BCUT2D eigenvalue weighted by Crippen LogP contribution is -2.35. The molecular formula is C18H21N3O3S. The number of anilines is 2. The Hall–Kier alpha value is -2.54. The van der Waals surface area contributed by atoms with Crippen LogP contribution in [0.15, 0.2) is 35.2 Å². The number of fused-ring (bicyclic) bond motifs is 1. The summed E-state index contributed by atoms with van der Waals surface area (Å²) in [4.78, 5) is 13.5. The second kappa shape index (κ2) is 6.07. The van der Waals surface area contributed by atoms with E-state index in [2.05, 4.69) is 10.0 Å². The van der Waals surface area contributed by atoms with Gasteiger partial charge >= 0.3 is 6.03 Å². The van der Waals surface area contributed by atoms with E-state index in [1.54, 1.807) is 39.1 Å². The molecule has 132 valence electrons. The average Bonchev–Trinajstić information content (AvgIpc) is 2.46. The van der Waals surface area contributed by atoms with Crippen LogP contribution in [0.1, 0.15) is 22.3 Å². The molecule has 0 aromatic heterocycles. The SMILES string of the molecule is Cc1cc(C)c(S(=O)(=O)Nc2ccc3c(c2)CN(C)C(=O)N3)c(C)c1. The monoisotopic (exact) mass is 359 g/mol. The number of nitrogens with zero attached hydrogens (tertiary/aromatic N) is 1. The van der Waals surface area contributed by atoms with Crippen molar-refractivity contribution in [3.63, 3.8) is 0 Å². The van der Waals surface area contributed by atoms with E-state index in [9.17, 15) is 13.2 Å². The van der Waals surface area contributed by atoms with Gasteiger partial charge in [-0.05, 0) is 55.7 Å². The summed E-state index contributed by atoms with van der Waals surface area (Å²) in [7, 11) is -2.00. The van der Waals surface area contributed by atoms with Crippen molar-refractivity contribution < 1.29 is 13.2 Å². The third-order valence-electron chi connectivity index (χ3n) is 4.23. The minimum absolute atomic E-state index is 0.174. The largest absolute Gasteiger partial charge is 0.323 e. The number of carbonyl (C=O) groups is 1. The fourth-order valence-electron chi connectivity index (χ4n) is 3.24.